The average Bonchev–Trinajstić information content (AvgIpc) is 3.17. The zero-order valence-corrected chi connectivity index (χ0v) is 20.2. The maximum atomic E-state index is 13.5. The predicted octanol–water partition coefficient (Wildman–Crippen LogP) is 3.73. The monoisotopic (exact) mass is 542 g/mol. The largest absolute Gasteiger partial charge is 0.332 e. The van der Waals surface area contributed by atoms with Gasteiger partial charge in [0.25, 0.3) is 28.7 Å². The Kier molecular flexibility index (Phi) is 6.16. The van der Waals surface area contributed by atoms with Gasteiger partial charge in [-0.05, 0) is 13.8 Å². The van der Waals surface area contributed by atoms with Gasteiger partial charge in [0.2, 0.25) is 0 Å². The first-order valence-corrected chi connectivity index (χ1v) is 11.1. The lowest BCUT2D eigenvalue weighted by Gasteiger charge is -2.35. The average molecular weight is 542 g/mol. The Balaban J connectivity index is 2.30. The van der Waals surface area contributed by atoms with Crippen LogP contribution in [0, 0.1) is 40.5 Å². The van der Waals surface area contributed by atoms with Crippen molar-refractivity contribution >= 4 is 57.5 Å². The molecule has 1 heterocycles. The van der Waals surface area contributed by atoms with Gasteiger partial charge >= 0.3 is 6.03 Å². The predicted molar refractivity (Wildman–Crippen MR) is 132 cm³/mol. The SMILES string of the molecule is CCN1C(=O)C(=C2c3cc([N+](=O)[O-])cc([N+](=O)[O-])c3-c3c2cc([N+](=O)[O-])cc3[N+](=O)[O-])C(=S)N(CC)C1=O. The minimum absolute atomic E-state index is 0.0118. The number of hydrogen-bond acceptors (Lipinski definition) is 11. The second kappa shape index (κ2) is 9.04. The molecule has 0 bridgehead atoms. The number of fused-ring (bicyclic) bond motifs is 3. The lowest BCUT2D eigenvalue weighted by Crippen LogP contribution is -2.55. The molecule has 1 fully saturated rings. The van der Waals surface area contributed by atoms with Gasteiger partial charge in [0, 0.05) is 41.9 Å². The molecule has 1 saturated heterocycles. The molecule has 1 aliphatic carbocycles. The second-order valence-electron chi connectivity index (χ2n) is 7.93. The van der Waals surface area contributed by atoms with Crippen LogP contribution in [0.15, 0.2) is 29.8 Å². The van der Waals surface area contributed by atoms with Gasteiger partial charge in [-0.3, -0.25) is 55.1 Å². The molecule has 2 aliphatic rings. The molecule has 194 valence electrons. The van der Waals surface area contributed by atoms with Crippen molar-refractivity contribution in [1.29, 1.82) is 0 Å². The maximum absolute atomic E-state index is 13.5. The van der Waals surface area contributed by atoms with Crippen molar-refractivity contribution in [3.63, 3.8) is 0 Å². The van der Waals surface area contributed by atoms with Gasteiger partial charge < -0.3 is 0 Å². The van der Waals surface area contributed by atoms with E-state index in [4.69, 9.17) is 12.2 Å². The molecule has 1 aliphatic heterocycles. The van der Waals surface area contributed by atoms with Crippen molar-refractivity contribution in [3.8, 4) is 11.1 Å². The number of carbonyl (C=O) groups excluding carboxylic acids is 2. The van der Waals surface area contributed by atoms with Crippen LogP contribution in [0.4, 0.5) is 27.5 Å². The molecular weight excluding hydrogens is 528 g/mol. The summed E-state index contributed by atoms with van der Waals surface area (Å²) in [6.07, 6.45) is 0. The van der Waals surface area contributed by atoms with Gasteiger partial charge in [0.1, 0.15) is 4.99 Å². The van der Waals surface area contributed by atoms with E-state index in [0.29, 0.717) is 12.1 Å². The molecule has 0 saturated carbocycles. The number of rotatable bonds is 6. The molecule has 2 aromatic carbocycles. The van der Waals surface area contributed by atoms with E-state index in [1.54, 1.807) is 6.92 Å². The number of nitro benzene ring substituents is 4. The Morgan fingerprint density at radius 3 is 1.45 bits per heavy atom. The molecule has 2 aromatic rings. The number of likely N-dealkylation sites (N-methyl/N-ethyl adjacent to an activating group) is 2. The summed E-state index contributed by atoms with van der Waals surface area (Å²) < 4.78 is 0. The molecular formula is C21H14N6O10S. The van der Waals surface area contributed by atoms with Crippen molar-refractivity contribution in [3.05, 3.63) is 81.4 Å². The first-order chi connectivity index (χ1) is 17.8. The summed E-state index contributed by atoms with van der Waals surface area (Å²) in [5.41, 5.74) is -5.64. The molecule has 38 heavy (non-hydrogen) atoms. The molecule has 0 N–H and O–H groups in total. The molecule has 0 atom stereocenters. The number of amides is 3. The van der Waals surface area contributed by atoms with Crippen LogP contribution in [-0.2, 0) is 4.79 Å². The summed E-state index contributed by atoms with van der Waals surface area (Å²) in [5, 5.41) is 47.2. The lowest BCUT2D eigenvalue weighted by molar-refractivity contribution is -0.395. The number of carbonyl (C=O) groups is 2. The number of benzene rings is 2. The fourth-order valence-electron chi connectivity index (χ4n) is 4.51. The number of thiocarbonyl (C=S) groups is 1. The summed E-state index contributed by atoms with van der Waals surface area (Å²) in [5.74, 6) is -0.968. The number of hydrogen-bond donors (Lipinski definition) is 0. The van der Waals surface area contributed by atoms with E-state index in [0.717, 1.165) is 21.9 Å². The highest BCUT2D eigenvalue weighted by atomic mass is 32.1. The van der Waals surface area contributed by atoms with Gasteiger partial charge in [0.05, 0.1) is 48.5 Å². The van der Waals surface area contributed by atoms with Gasteiger partial charge in [0.15, 0.2) is 0 Å². The second-order valence-corrected chi connectivity index (χ2v) is 8.32. The van der Waals surface area contributed by atoms with E-state index in [9.17, 15) is 50.0 Å². The fraction of sp³-hybridized carbons (Fsp3) is 0.190. The fourth-order valence-corrected chi connectivity index (χ4v) is 4.91. The Hall–Kier alpha value is -5.19. The summed E-state index contributed by atoms with van der Waals surface area (Å²) in [7, 11) is 0. The first kappa shape index (κ1) is 25.9. The zero-order chi connectivity index (χ0) is 28.2. The van der Waals surface area contributed by atoms with E-state index in [1.165, 1.54) is 6.92 Å². The molecule has 0 aromatic heterocycles. The molecule has 3 amide bonds. The number of nitro groups is 4. The van der Waals surface area contributed by atoms with E-state index in [-0.39, 0.29) is 34.8 Å². The molecule has 17 heteroatoms. The quantitative estimate of drug-likeness (QED) is 0.189. The number of imide groups is 1. The van der Waals surface area contributed by atoms with Crippen LogP contribution in [0.1, 0.15) is 25.0 Å². The minimum atomic E-state index is -0.990. The zero-order valence-electron chi connectivity index (χ0n) is 19.4. The van der Waals surface area contributed by atoms with E-state index < -0.39 is 71.1 Å². The third-order valence-corrected chi connectivity index (χ3v) is 6.50. The van der Waals surface area contributed by atoms with Crippen molar-refractivity contribution in [1.82, 2.24) is 9.80 Å². The molecule has 16 nitrogen and oxygen atoms in total. The topological polar surface area (TPSA) is 213 Å². The smallest absolute Gasteiger partial charge is 0.284 e. The van der Waals surface area contributed by atoms with Crippen molar-refractivity contribution in [2.45, 2.75) is 13.8 Å². The van der Waals surface area contributed by atoms with Gasteiger partial charge in [-0.2, -0.15) is 0 Å². The third-order valence-electron chi connectivity index (χ3n) is 6.07. The van der Waals surface area contributed by atoms with Crippen LogP contribution >= 0.6 is 12.2 Å². The lowest BCUT2D eigenvalue weighted by atomic mass is 9.94. The minimum Gasteiger partial charge on any atom is -0.284 e. The van der Waals surface area contributed by atoms with Gasteiger partial charge in [-0.25, -0.2) is 4.79 Å². The molecule has 4 rings (SSSR count). The van der Waals surface area contributed by atoms with Crippen molar-refractivity contribution in [2.75, 3.05) is 13.1 Å². The van der Waals surface area contributed by atoms with Crippen LogP contribution in [0.3, 0.4) is 0 Å². The third kappa shape index (κ3) is 3.63. The highest BCUT2D eigenvalue weighted by Crippen LogP contribution is 2.55. The Labute approximate surface area is 216 Å². The summed E-state index contributed by atoms with van der Waals surface area (Å²) in [4.78, 5) is 71.2. The number of non-ortho nitro benzene ring substituents is 2. The van der Waals surface area contributed by atoms with Crippen molar-refractivity contribution < 1.29 is 29.3 Å². The summed E-state index contributed by atoms with van der Waals surface area (Å²) >= 11 is 5.40. The van der Waals surface area contributed by atoms with Crippen LogP contribution in [0.2, 0.25) is 0 Å². The molecule has 0 radical (unpaired) electrons. The standard InChI is InChI=1S/C21H14N6O10S/c1-3-22-19(28)18(20(38)23(4-2)21(22)29)15-11-5-9(24(30)31)7-13(26(34)35)16(11)17-12(15)6-10(25(32)33)8-14(17)27(36)37/h5-8H,3-4H2,1-2H3. The van der Waals surface area contributed by atoms with Gasteiger partial charge in [-0.1, -0.05) is 12.2 Å². The Bertz CT molecular complexity index is 1470. The van der Waals surface area contributed by atoms with Crippen LogP contribution in [-0.4, -0.2) is 59.5 Å². The maximum Gasteiger partial charge on any atom is 0.332 e. The number of urea groups is 1. The first-order valence-electron chi connectivity index (χ1n) is 10.7. The Morgan fingerprint density at radius 2 is 1.11 bits per heavy atom. The van der Waals surface area contributed by atoms with E-state index in [2.05, 4.69) is 0 Å². The van der Waals surface area contributed by atoms with Crippen molar-refractivity contribution in [2.24, 2.45) is 0 Å². The summed E-state index contributed by atoms with van der Waals surface area (Å²) in [6.45, 7) is 2.90. The highest BCUT2D eigenvalue weighted by Gasteiger charge is 2.46. The normalized spacial score (nSPS) is 14.5. The van der Waals surface area contributed by atoms with E-state index in [1.807, 2.05) is 0 Å². The summed E-state index contributed by atoms with van der Waals surface area (Å²) in [6, 6.07) is 2.19. The molecule has 0 unspecified atom stereocenters. The number of nitrogens with zero attached hydrogens (tertiary/aromatic N) is 6. The van der Waals surface area contributed by atoms with Crippen LogP contribution < -0.4 is 0 Å². The van der Waals surface area contributed by atoms with E-state index >= 15 is 0 Å². The van der Waals surface area contributed by atoms with Crippen LogP contribution in [0.5, 0.6) is 0 Å². The van der Waals surface area contributed by atoms with Gasteiger partial charge in [-0.15, -0.1) is 0 Å². The highest BCUT2D eigenvalue weighted by molar-refractivity contribution is 7.81. The molecule has 0 spiro atoms. The van der Waals surface area contributed by atoms with Crippen LogP contribution in [0.25, 0.3) is 16.7 Å². The Morgan fingerprint density at radius 1 is 0.684 bits per heavy atom.